The number of ketones is 1. The maximum Gasteiger partial charge on any atom is 0.312 e. The minimum Gasteiger partial charge on any atom is -0.507 e. The molecule has 4 aliphatic heterocycles. The number of rotatable bonds is 6. The number of hydrazone groups is 1. The third-order valence-electron chi connectivity index (χ3n) is 13.6. The van der Waals surface area contributed by atoms with Gasteiger partial charge in [-0.05, 0) is 51.5 Å². The predicted octanol–water partition coefficient (Wildman–Crippen LogP) is 7.34. The molecule has 11 unspecified atom stereocenters. The highest BCUT2D eigenvalue weighted by molar-refractivity contribution is 6.30. The Morgan fingerprint density at radius 2 is 1.57 bits per heavy atom. The molecule has 1 amide bonds. The molecular weight excluding hydrogens is 896 g/mol. The summed E-state index contributed by atoms with van der Waals surface area (Å²) in [4.78, 5) is 43.4. The van der Waals surface area contributed by atoms with Crippen LogP contribution in [0.5, 0.6) is 23.0 Å². The van der Waals surface area contributed by atoms with Crippen LogP contribution in [0.1, 0.15) is 89.4 Å². The summed E-state index contributed by atoms with van der Waals surface area (Å²) < 4.78 is 23.8. The third kappa shape index (κ3) is 10.3. The lowest BCUT2D eigenvalue weighted by Crippen LogP contribution is -2.54. The van der Waals surface area contributed by atoms with Gasteiger partial charge < -0.3 is 49.8 Å². The lowest BCUT2D eigenvalue weighted by atomic mass is 9.78. The Bertz CT molecular complexity index is 2510. The van der Waals surface area contributed by atoms with E-state index in [1.54, 1.807) is 39.8 Å². The molecule has 11 atom stereocenters. The van der Waals surface area contributed by atoms with Gasteiger partial charge in [-0.15, -0.1) is 0 Å². The van der Waals surface area contributed by atoms with Crippen molar-refractivity contribution in [2.75, 3.05) is 25.5 Å². The molecule has 3 aromatic carbocycles. The average Bonchev–Trinajstić information content (AvgIpc) is 3.55. The number of aliphatic hydroxyl groups is 2. The quantitative estimate of drug-likeness (QED) is 0.0617. The highest BCUT2D eigenvalue weighted by Crippen LogP contribution is 2.55. The number of carbonyl (C=O) groups excluding carboxylic acids is 3. The number of Topliss-reactive ketones (excluding diaryl/α,β-unsaturated/α-hetero) is 1. The van der Waals surface area contributed by atoms with E-state index in [2.05, 4.69) is 10.2 Å². The van der Waals surface area contributed by atoms with E-state index in [4.69, 9.17) is 35.6 Å². The molecule has 17 heteroatoms. The summed E-state index contributed by atoms with van der Waals surface area (Å²) in [6.07, 6.45) is 4.83. The molecule has 3 aromatic rings. The van der Waals surface area contributed by atoms with Gasteiger partial charge in [-0.25, -0.2) is 0 Å². The minimum absolute atomic E-state index is 0.0436. The zero-order valence-electron chi connectivity index (χ0n) is 40.5. The summed E-state index contributed by atoms with van der Waals surface area (Å²) in [5.74, 6) is -8.54. The van der Waals surface area contributed by atoms with Crippen LogP contribution in [-0.2, 0) is 30.3 Å². The van der Waals surface area contributed by atoms with E-state index in [1.807, 2.05) is 43.1 Å². The van der Waals surface area contributed by atoms with Crippen molar-refractivity contribution in [2.24, 2.45) is 28.8 Å². The number of phenolic OH excluding ortho intramolecular Hbond substituents is 3. The second-order valence-electron chi connectivity index (χ2n) is 18.8. The smallest absolute Gasteiger partial charge is 0.312 e. The van der Waals surface area contributed by atoms with Gasteiger partial charge >= 0.3 is 11.8 Å². The van der Waals surface area contributed by atoms with E-state index in [0.29, 0.717) is 24.7 Å². The number of hydrogen-bond acceptors (Lipinski definition) is 15. The Labute approximate surface area is 402 Å². The van der Waals surface area contributed by atoms with E-state index < -0.39 is 88.8 Å². The van der Waals surface area contributed by atoms with E-state index in [-0.39, 0.29) is 56.6 Å². The summed E-state index contributed by atoms with van der Waals surface area (Å²) in [5, 5.41) is 68.8. The van der Waals surface area contributed by atoms with Gasteiger partial charge in [0.25, 0.3) is 11.7 Å². The first-order valence-electron chi connectivity index (χ1n) is 22.9. The van der Waals surface area contributed by atoms with Gasteiger partial charge in [-0.2, -0.15) is 5.10 Å². The summed E-state index contributed by atoms with van der Waals surface area (Å²) in [6, 6.07) is 7.40. The standard InChI is InChI=1S/C51H65ClN4O12/c1-25-13-12-14-26(2)50(64)54-41-36(21-53-56-27(3)22-55(23-28(56)4)24-34-15-17-35(52)18-16-34)45(61)38-39(46(41)62)44(60)32(8)48-40(38)49(63)51(10,68-48)66-20-19-37(65-11)29(5)47(67-33(9)57)31(7)43(59)30(6)42(25)58/h12-21,25,27-31,37,42-43,47,58-62H,22-24H2,1-11H3,(H,54,64)/b13-12+,20-19+,26-14+,53-21+. The largest absolute Gasteiger partial charge is 0.507 e. The number of phenols is 3. The molecule has 368 valence electrons. The van der Waals surface area contributed by atoms with Crippen molar-refractivity contribution in [3.8, 4) is 23.0 Å². The topological polar surface area (TPSA) is 220 Å². The molecule has 4 aliphatic rings. The molecule has 7 rings (SSSR count). The number of esters is 1. The highest BCUT2D eigenvalue weighted by atomic mass is 35.5. The van der Waals surface area contributed by atoms with Crippen LogP contribution in [0.25, 0.3) is 10.8 Å². The van der Waals surface area contributed by atoms with E-state index in [1.165, 1.54) is 59.4 Å². The maximum atomic E-state index is 14.7. The number of benzene rings is 3. The number of amides is 1. The summed E-state index contributed by atoms with van der Waals surface area (Å²) >= 11 is 6.12. The zero-order valence-corrected chi connectivity index (χ0v) is 41.2. The normalized spacial score (nSPS) is 31.6. The Hall–Kier alpha value is -5.65. The van der Waals surface area contributed by atoms with Crippen molar-refractivity contribution in [3.63, 3.8) is 0 Å². The number of carbonyl (C=O) groups is 3. The molecule has 68 heavy (non-hydrogen) atoms. The van der Waals surface area contributed by atoms with Crippen LogP contribution in [0.15, 0.2) is 65.5 Å². The molecule has 6 N–H and O–H groups in total. The minimum atomic E-state index is -2.07. The molecule has 0 saturated carbocycles. The average molecular weight is 962 g/mol. The molecule has 1 saturated heterocycles. The SMILES string of the molecule is COC1/C=C/OC2(C)Oc3c(C)c(O)c4c(O)c(c(/C=N/N5C(C)CN(Cc6ccc(Cl)cc6)CC5C)c(O)c4c3C2=O)NC(=O)/C(C)=C/C=C/C(C)C(O)C(C)C(O)C(C)C(OC(C)=O)C1C. The first-order chi connectivity index (χ1) is 32.0. The number of ether oxygens (including phenoxy) is 4. The van der Waals surface area contributed by atoms with Gasteiger partial charge in [0.05, 0.1) is 65.1 Å². The summed E-state index contributed by atoms with van der Waals surface area (Å²) in [5.41, 5.74) is 0.664. The van der Waals surface area contributed by atoms with Gasteiger partial charge in [0.2, 0.25) is 0 Å². The van der Waals surface area contributed by atoms with Gasteiger partial charge in [0.15, 0.2) is 5.75 Å². The fraction of sp³-hybridized carbons (Fsp3) is 0.490. The van der Waals surface area contributed by atoms with Crippen molar-refractivity contribution < 1.29 is 58.9 Å². The number of aliphatic hydroxyl groups excluding tert-OH is 2. The van der Waals surface area contributed by atoms with Crippen molar-refractivity contribution >= 4 is 51.9 Å². The number of nitrogens with one attached hydrogen (secondary N) is 1. The molecular formula is C51H65ClN4O12. The number of nitrogens with zero attached hydrogens (tertiary/aromatic N) is 3. The molecule has 0 spiro atoms. The number of methoxy groups -OCH3 is 1. The Balaban J connectivity index is 1.48. The zero-order chi connectivity index (χ0) is 50.1. The number of aromatic hydroxyl groups is 3. The van der Waals surface area contributed by atoms with Crippen LogP contribution >= 0.6 is 11.6 Å². The van der Waals surface area contributed by atoms with Crippen LogP contribution < -0.4 is 10.1 Å². The van der Waals surface area contributed by atoms with Crippen molar-refractivity contribution in [1.29, 1.82) is 0 Å². The van der Waals surface area contributed by atoms with Crippen LogP contribution in [0.4, 0.5) is 5.69 Å². The molecule has 0 aliphatic carbocycles. The number of hydrogen-bond donors (Lipinski definition) is 6. The fourth-order valence-electron chi connectivity index (χ4n) is 9.63. The Kier molecular flexibility index (Phi) is 15.9. The molecule has 1 fully saturated rings. The fourth-order valence-corrected chi connectivity index (χ4v) is 9.75. The lowest BCUT2D eigenvalue weighted by Gasteiger charge is -2.42. The maximum absolute atomic E-state index is 14.7. The van der Waals surface area contributed by atoms with Crippen molar-refractivity contribution in [1.82, 2.24) is 9.91 Å². The van der Waals surface area contributed by atoms with Crippen LogP contribution in [0, 0.1) is 30.6 Å². The first-order valence-corrected chi connectivity index (χ1v) is 23.3. The van der Waals surface area contributed by atoms with Gasteiger partial charge in [0.1, 0.15) is 23.4 Å². The second kappa shape index (κ2) is 20.9. The van der Waals surface area contributed by atoms with E-state index in [0.717, 1.165) is 5.56 Å². The van der Waals surface area contributed by atoms with Crippen LogP contribution in [0.2, 0.25) is 5.02 Å². The summed E-state index contributed by atoms with van der Waals surface area (Å²) in [6.45, 7) is 18.5. The van der Waals surface area contributed by atoms with Crippen LogP contribution in [0.3, 0.4) is 0 Å². The molecule has 4 heterocycles. The molecule has 0 aromatic heterocycles. The summed E-state index contributed by atoms with van der Waals surface area (Å²) in [7, 11) is 1.44. The third-order valence-corrected chi connectivity index (χ3v) is 13.9. The lowest BCUT2D eigenvalue weighted by molar-refractivity contribution is -0.160. The van der Waals surface area contributed by atoms with Crippen molar-refractivity contribution in [3.05, 3.63) is 87.7 Å². The Morgan fingerprint density at radius 1 is 0.926 bits per heavy atom. The molecule has 0 radical (unpaired) electrons. The second-order valence-corrected chi connectivity index (χ2v) is 19.2. The number of halogens is 1. The number of piperazine rings is 1. The van der Waals surface area contributed by atoms with Gasteiger partial charge in [0, 0.05) is 85.8 Å². The number of anilines is 1. The van der Waals surface area contributed by atoms with E-state index >= 15 is 0 Å². The monoisotopic (exact) mass is 960 g/mol. The van der Waals surface area contributed by atoms with Gasteiger partial charge in [-0.1, -0.05) is 69.7 Å². The Morgan fingerprint density at radius 3 is 2.19 bits per heavy atom. The number of allylic oxidation sites excluding steroid dienone is 2. The van der Waals surface area contributed by atoms with E-state index in [9.17, 15) is 39.9 Å². The number of fused-ring (bicyclic) bond motifs is 14. The molecule has 16 nitrogen and oxygen atoms in total. The molecule has 5 bridgehead atoms. The van der Waals surface area contributed by atoms with Crippen LogP contribution in [-0.4, -0.2) is 122 Å². The van der Waals surface area contributed by atoms with Crippen molar-refractivity contribution in [2.45, 2.75) is 118 Å². The highest BCUT2D eigenvalue weighted by Gasteiger charge is 2.50. The first kappa shape index (κ1) is 51.7. The predicted molar refractivity (Wildman–Crippen MR) is 259 cm³/mol. The van der Waals surface area contributed by atoms with Gasteiger partial charge in [-0.3, -0.25) is 24.3 Å².